The highest BCUT2D eigenvalue weighted by Crippen LogP contribution is 2.42. The van der Waals surface area contributed by atoms with Crippen LogP contribution in [0.3, 0.4) is 0 Å². The van der Waals surface area contributed by atoms with Crippen molar-refractivity contribution in [3.05, 3.63) is 64.0 Å². The third kappa shape index (κ3) is 7.25. The minimum absolute atomic E-state index is 0.0357. The number of fused-ring (bicyclic) bond motifs is 1. The molecule has 3 aliphatic heterocycles. The lowest BCUT2D eigenvalue weighted by Crippen LogP contribution is -2.66. The minimum Gasteiger partial charge on any atom is -0.394 e. The summed E-state index contributed by atoms with van der Waals surface area (Å²) in [5.74, 6) is -1.67. The third-order valence-electron chi connectivity index (χ3n) is 10.4. The van der Waals surface area contributed by atoms with E-state index in [1.54, 1.807) is 11.8 Å². The highest BCUT2D eigenvalue weighted by Gasteiger charge is 2.45. The molecule has 2 amide bonds. The lowest BCUT2D eigenvalue weighted by atomic mass is 9.80. The van der Waals surface area contributed by atoms with Crippen molar-refractivity contribution in [2.24, 2.45) is 0 Å². The molecule has 4 atom stereocenters. The van der Waals surface area contributed by atoms with Gasteiger partial charge >= 0.3 is 12.4 Å². The van der Waals surface area contributed by atoms with Crippen LogP contribution in [0.25, 0.3) is 0 Å². The number of halogens is 7. The van der Waals surface area contributed by atoms with E-state index in [2.05, 4.69) is 10.2 Å². The van der Waals surface area contributed by atoms with E-state index in [0.29, 0.717) is 62.7 Å². The van der Waals surface area contributed by atoms with E-state index in [0.717, 1.165) is 5.56 Å². The first kappa shape index (κ1) is 36.8. The Kier molecular flexibility index (Phi) is 10.0. The number of benzene rings is 2. The summed E-state index contributed by atoms with van der Waals surface area (Å²) in [5, 5.41) is 13.7. The number of aliphatic hydroxyl groups is 1. The molecule has 3 unspecified atom stereocenters. The predicted octanol–water partition coefficient (Wildman–Crippen LogP) is 4.38. The maximum Gasteiger partial charge on any atom is 0.416 e. The molecular formula is C34H42F7N5O3. The van der Waals surface area contributed by atoms with Gasteiger partial charge in [0.05, 0.1) is 35.2 Å². The first-order valence-electron chi connectivity index (χ1n) is 16.2. The molecular weight excluding hydrogens is 659 g/mol. The summed E-state index contributed by atoms with van der Waals surface area (Å²) in [7, 11) is 1.47. The zero-order valence-corrected chi connectivity index (χ0v) is 28.1. The summed E-state index contributed by atoms with van der Waals surface area (Å²) < 4.78 is 97.3. The van der Waals surface area contributed by atoms with E-state index in [-0.39, 0.29) is 31.2 Å². The summed E-state index contributed by atoms with van der Waals surface area (Å²) >= 11 is 0. The van der Waals surface area contributed by atoms with Gasteiger partial charge in [0.2, 0.25) is 11.8 Å². The number of carbonyl (C=O) groups is 2. The van der Waals surface area contributed by atoms with Gasteiger partial charge in [-0.3, -0.25) is 14.5 Å². The van der Waals surface area contributed by atoms with Crippen molar-refractivity contribution in [3.8, 4) is 0 Å². The molecule has 0 aliphatic carbocycles. The van der Waals surface area contributed by atoms with Crippen LogP contribution in [0.5, 0.6) is 0 Å². The molecule has 3 heterocycles. The number of hydrogen-bond donors (Lipinski definition) is 2. The molecule has 2 aromatic rings. The smallest absolute Gasteiger partial charge is 0.394 e. The molecule has 49 heavy (non-hydrogen) atoms. The highest BCUT2D eigenvalue weighted by atomic mass is 19.4. The number of nitrogens with one attached hydrogen (secondary N) is 1. The topological polar surface area (TPSA) is 79.4 Å². The van der Waals surface area contributed by atoms with Crippen molar-refractivity contribution in [2.45, 2.75) is 69.5 Å². The first-order valence-corrected chi connectivity index (χ1v) is 16.2. The zero-order valence-electron chi connectivity index (χ0n) is 28.1. The lowest BCUT2D eigenvalue weighted by molar-refractivity contribution is -0.144. The number of aliphatic hydroxyl groups excluding tert-OH is 1. The summed E-state index contributed by atoms with van der Waals surface area (Å²) in [6.45, 7) is 8.81. The fourth-order valence-electron chi connectivity index (χ4n) is 7.64. The van der Waals surface area contributed by atoms with Gasteiger partial charge in [-0.05, 0) is 67.8 Å². The molecule has 0 spiro atoms. The van der Waals surface area contributed by atoms with Crippen molar-refractivity contribution in [3.63, 3.8) is 0 Å². The van der Waals surface area contributed by atoms with Crippen LogP contribution in [0.15, 0.2) is 30.3 Å². The van der Waals surface area contributed by atoms with Gasteiger partial charge in [-0.25, -0.2) is 4.39 Å². The van der Waals surface area contributed by atoms with Gasteiger partial charge in [0.25, 0.3) is 0 Å². The predicted molar refractivity (Wildman–Crippen MR) is 169 cm³/mol. The van der Waals surface area contributed by atoms with Crippen molar-refractivity contribution in [2.75, 3.05) is 64.4 Å². The summed E-state index contributed by atoms with van der Waals surface area (Å²) in [6.07, 6.45) is -10.1. The number of amides is 2. The monoisotopic (exact) mass is 701 g/mol. The number of likely N-dealkylation sites (N-methyl/N-ethyl adjacent to an activating group) is 1. The SMILES string of the molecule is CC(=O)N1CCN2C[C@@H](CO)N(c3cc(F)cc(C)c3C3CNCC3N(C)C(=O)C(C)(C)c3cc(C(F)(F)F)cc(C(F)(F)F)c3)CC2C1. The fourth-order valence-corrected chi connectivity index (χ4v) is 7.64. The molecule has 3 saturated heterocycles. The van der Waals surface area contributed by atoms with Gasteiger partial charge in [-0.1, -0.05) is 0 Å². The highest BCUT2D eigenvalue weighted by molar-refractivity contribution is 5.88. The molecule has 0 bridgehead atoms. The van der Waals surface area contributed by atoms with Crippen molar-refractivity contribution < 1.29 is 45.4 Å². The van der Waals surface area contributed by atoms with Crippen LogP contribution >= 0.6 is 0 Å². The van der Waals surface area contributed by atoms with Gasteiger partial charge < -0.3 is 25.1 Å². The van der Waals surface area contributed by atoms with Crippen LogP contribution in [0, 0.1) is 12.7 Å². The number of piperazine rings is 2. The number of rotatable bonds is 6. The Morgan fingerprint density at radius 2 is 1.53 bits per heavy atom. The lowest BCUT2D eigenvalue weighted by Gasteiger charge is -2.51. The molecule has 5 rings (SSSR count). The van der Waals surface area contributed by atoms with E-state index in [1.807, 2.05) is 4.90 Å². The Morgan fingerprint density at radius 1 is 0.918 bits per heavy atom. The van der Waals surface area contributed by atoms with E-state index in [4.69, 9.17) is 0 Å². The quantitative estimate of drug-likeness (QED) is 0.436. The van der Waals surface area contributed by atoms with E-state index < -0.39 is 64.2 Å². The normalized spacial score (nSPS) is 23.9. The van der Waals surface area contributed by atoms with Crippen molar-refractivity contribution in [1.29, 1.82) is 0 Å². The molecule has 0 radical (unpaired) electrons. The van der Waals surface area contributed by atoms with Gasteiger partial charge in [0, 0.05) is 77.4 Å². The van der Waals surface area contributed by atoms with Crippen LogP contribution < -0.4 is 10.2 Å². The molecule has 0 saturated carbocycles. The number of anilines is 1. The number of aryl methyl sites for hydroxylation is 1. The molecule has 15 heteroatoms. The maximum absolute atomic E-state index is 15.2. The molecule has 2 aromatic carbocycles. The second kappa shape index (κ2) is 13.4. The van der Waals surface area contributed by atoms with Crippen LogP contribution in [0.4, 0.5) is 36.4 Å². The standard InChI is InChI=1S/C34H42F7N5O3/c1-19-8-24(35)12-28(46-17-25-15-44(20(2)48)6-7-45(25)16-26(46)18-47)30(19)27-13-42-14-29(27)43(5)31(49)32(3,4)21-9-22(33(36,37)38)11-23(10-21)34(39,40)41/h8-12,25-27,29,42,47H,6-7,13-18H2,1-5H3/t25?,26-,27?,29?/m0/s1. The second-order valence-electron chi connectivity index (χ2n) is 13.9. The van der Waals surface area contributed by atoms with Gasteiger partial charge in [0.15, 0.2) is 0 Å². The molecule has 2 N–H and O–H groups in total. The van der Waals surface area contributed by atoms with Crippen molar-refractivity contribution >= 4 is 17.5 Å². The average molecular weight is 702 g/mol. The van der Waals surface area contributed by atoms with Gasteiger partial charge in [-0.2, -0.15) is 26.3 Å². The van der Waals surface area contributed by atoms with E-state index >= 15 is 4.39 Å². The summed E-state index contributed by atoms with van der Waals surface area (Å²) in [6, 6.07) is 2.91. The average Bonchev–Trinajstić information content (AvgIpc) is 3.51. The molecule has 3 aliphatic rings. The number of nitrogens with zero attached hydrogens (tertiary/aromatic N) is 4. The largest absolute Gasteiger partial charge is 0.416 e. The fraction of sp³-hybridized carbons (Fsp3) is 0.588. The molecule has 3 fully saturated rings. The number of alkyl halides is 6. The summed E-state index contributed by atoms with van der Waals surface area (Å²) in [5.41, 5.74) is -3.38. The minimum atomic E-state index is -5.07. The van der Waals surface area contributed by atoms with E-state index in [1.165, 1.54) is 44.9 Å². The molecule has 8 nitrogen and oxygen atoms in total. The van der Waals surface area contributed by atoms with Crippen molar-refractivity contribution in [1.82, 2.24) is 20.0 Å². The van der Waals surface area contributed by atoms with E-state index in [9.17, 15) is 41.0 Å². The Labute approximate surface area is 280 Å². The van der Waals surface area contributed by atoms with Crippen LogP contribution in [0.2, 0.25) is 0 Å². The van der Waals surface area contributed by atoms with Crippen LogP contribution in [0.1, 0.15) is 54.5 Å². The van der Waals surface area contributed by atoms with Gasteiger partial charge in [0.1, 0.15) is 5.82 Å². The summed E-state index contributed by atoms with van der Waals surface area (Å²) in [4.78, 5) is 33.6. The molecule has 0 aromatic heterocycles. The second-order valence-corrected chi connectivity index (χ2v) is 13.9. The van der Waals surface area contributed by atoms with Crippen LogP contribution in [-0.2, 0) is 27.4 Å². The zero-order chi connectivity index (χ0) is 36.2. The Hall–Kier alpha value is -3.43. The Balaban J connectivity index is 1.50. The molecule has 270 valence electrons. The first-order chi connectivity index (χ1) is 22.7. The third-order valence-corrected chi connectivity index (χ3v) is 10.4. The van der Waals surface area contributed by atoms with Crippen LogP contribution in [-0.4, -0.2) is 109 Å². The van der Waals surface area contributed by atoms with Gasteiger partial charge in [-0.15, -0.1) is 0 Å². The number of carbonyl (C=O) groups excluding carboxylic acids is 2. The Morgan fingerprint density at radius 3 is 2.10 bits per heavy atom. The Bertz CT molecular complexity index is 1550. The maximum atomic E-state index is 15.2. The number of hydrogen-bond acceptors (Lipinski definition) is 6.